The molecule has 1 heterocycles. The molecule has 3 atom stereocenters. The highest BCUT2D eigenvalue weighted by molar-refractivity contribution is 5.77. The fourth-order valence-corrected chi connectivity index (χ4v) is 5.44. The Morgan fingerprint density at radius 3 is 2.44 bits per heavy atom. The minimum atomic E-state index is -0.394. The Labute approximate surface area is 108 Å². The maximum atomic E-state index is 12.0. The van der Waals surface area contributed by atoms with Gasteiger partial charge in [0.15, 0.2) is 0 Å². The van der Waals surface area contributed by atoms with Gasteiger partial charge in [0.2, 0.25) is 0 Å². The number of carbonyl (C=O) groups is 1. The largest absolute Gasteiger partial charge is 0.390 e. The van der Waals surface area contributed by atoms with Gasteiger partial charge >= 0.3 is 6.03 Å². The Kier molecular flexibility index (Phi) is 2.10. The summed E-state index contributed by atoms with van der Waals surface area (Å²) in [7, 11) is 0. The molecule has 0 radical (unpaired) electrons. The highest BCUT2D eigenvalue weighted by Gasteiger charge is 2.57. The lowest BCUT2D eigenvalue weighted by Gasteiger charge is -2.59. The third-order valence-corrected chi connectivity index (χ3v) is 5.65. The predicted octanol–water partition coefficient (Wildman–Crippen LogP) is 1.34. The number of rotatable bonds is 1. The van der Waals surface area contributed by atoms with Gasteiger partial charge in [-0.3, -0.25) is 0 Å². The van der Waals surface area contributed by atoms with E-state index < -0.39 is 5.60 Å². The Hall–Kier alpha value is -0.770. The van der Waals surface area contributed by atoms with E-state index in [0.717, 1.165) is 25.8 Å². The van der Waals surface area contributed by atoms with Crippen molar-refractivity contribution in [2.24, 2.45) is 17.8 Å². The minimum Gasteiger partial charge on any atom is -0.390 e. The van der Waals surface area contributed by atoms with E-state index in [1.165, 1.54) is 12.8 Å². The van der Waals surface area contributed by atoms with Gasteiger partial charge in [0.25, 0.3) is 0 Å². The van der Waals surface area contributed by atoms with Crippen LogP contribution in [0.5, 0.6) is 0 Å². The van der Waals surface area contributed by atoms with Crippen molar-refractivity contribution in [2.75, 3.05) is 6.54 Å². The Bertz CT molecular complexity index is 381. The minimum absolute atomic E-state index is 0.118. The normalized spacial score (nSPS) is 54.0. The molecular weight excluding hydrogens is 228 g/mol. The second kappa shape index (κ2) is 3.41. The molecule has 4 saturated carbocycles. The highest BCUT2D eigenvalue weighted by Crippen LogP contribution is 2.57. The monoisotopic (exact) mass is 250 g/mol. The summed E-state index contributed by atoms with van der Waals surface area (Å²) in [4.78, 5) is 14.1. The summed E-state index contributed by atoms with van der Waals surface area (Å²) in [6.45, 7) is 2.92. The van der Waals surface area contributed by atoms with Crippen LogP contribution in [0.15, 0.2) is 0 Å². The number of hydrogen-bond donors (Lipinski definition) is 2. The lowest BCUT2D eigenvalue weighted by atomic mass is 9.52. The molecule has 1 saturated heterocycles. The second-order valence-electron chi connectivity index (χ2n) is 7.19. The molecule has 4 nitrogen and oxygen atoms in total. The average Bonchev–Trinajstić information content (AvgIpc) is 2.54. The molecule has 5 aliphatic rings. The molecule has 4 heteroatoms. The average molecular weight is 250 g/mol. The van der Waals surface area contributed by atoms with Crippen LogP contribution in [0, 0.1) is 17.8 Å². The first kappa shape index (κ1) is 11.1. The van der Waals surface area contributed by atoms with E-state index in [4.69, 9.17) is 0 Å². The van der Waals surface area contributed by atoms with Gasteiger partial charge in [0.05, 0.1) is 5.60 Å². The van der Waals surface area contributed by atoms with Crippen LogP contribution in [-0.4, -0.2) is 40.3 Å². The zero-order valence-corrected chi connectivity index (χ0v) is 10.9. The standard InChI is InChI=1S/C14H22N2O2/c1-8-7-16(13(17)15-8)12-10-2-9-3-11(12)6-14(18,4-9)5-10/h8-12,18H,2-7H2,1H3,(H,15,17). The van der Waals surface area contributed by atoms with Crippen LogP contribution in [0.1, 0.15) is 39.0 Å². The molecular formula is C14H22N2O2. The van der Waals surface area contributed by atoms with Crippen molar-refractivity contribution in [3.8, 4) is 0 Å². The van der Waals surface area contributed by atoms with Crippen molar-refractivity contribution in [3.05, 3.63) is 0 Å². The van der Waals surface area contributed by atoms with Gasteiger partial charge < -0.3 is 15.3 Å². The fraction of sp³-hybridized carbons (Fsp3) is 0.929. The van der Waals surface area contributed by atoms with Crippen molar-refractivity contribution in [1.29, 1.82) is 0 Å². The zero-order valence-electron chi connectivity index (χ0n) is 10.9. The lowest BCUT2D eigenvalue weighted by molar-refractivity contribution is -0.152. The zero-order chi connectivity index (χ0) is 12.5. The van der Waals surface area contributed by atoms with Crippen LogP contribution >= 0.6 is 0 Å². The van der Waals surface area contributed by atoms with Crippen molar-refractivity contribution < 1.29 is 9.90 Å². The number of hydrogen-bond acceptors (Lipinski definition) is 2. The molecule has 100 valence electrons. The number of carbonyl (C=O) groups excluding carboxylic acids is 1. The SMILES string of the molecule is CC1CN(C2C3CC4CC2CC(O)(C4)C3)C(=O)N1. The predicted molar refractivity (Wildman–Crippen MR) is 67.0 cm³/mol. The van der Waals surface area contributed by atoms with E-state index in [-0.39, 0.29) is 12.1 Å². The molecule has 0 aromatic heterocycles. The van der Waals surface area contributed by atoms with E-state index >= 15 is 0 Å². The molecule has 5 rings (SSSR count). The lowest BCUT2D eigenvalue weighted by Crippen LogP contribution is -2.62. The Morgan fingerprint density at radius 1 is 1.28 bits per heavy atom. The molecule has 4 bridgehead atoms. The van der Waals surface area contributed by atoms with Crippen molar-refractivity contribution in [2.45, 2.75) is 56.7 Å². The van der Waals surface area contributed by atoms with Gasteiger partial charge in [-0.15, -0.1) is 0 Å². The summed E-state index contributed by atoms with van der Waals surface area (Å²) in [5.41, 5.74) is -0.394. The van der Waals surface area contributed by atoms with Crippen LogP contribution in [0.25, 0.3) is 0 Å². The number of aliphatic hydroxyl groups is 1. The van der Waals surface area contributed by atoms with E-state index in [1.54, 1.807) is 0 Å². The molecule has 0 aromatic rings. The van der Waals surface area contributed by atoms with E-state index in [1.807, 2.05) is 0 Å². The first-order valence-corrected chi connectivity index (χ1v) is 7.34. The maximum absolute atomic E-state index is 12.0. The first-order valence-electron chi connectivity index (χ1n) is 7.34. The number of nitrogens with zero attached hydrogens (tertiary/aromatic N) is 1. The van der Waals surface area contributed by atoms with Crippen LogP contribution < -0.4 is 5.32 Å². The highest BCUT2D eigenvalue weighted by atomic mass is 16.3. The van der Waals surface area contributed by atoms with E-state index in [9.17, 15) is 9.90 Å². The summed E-state index contributed by atoms with van der Waals surface area (Å²) >= 11 is 0. The summed E-state index contributed by atoms with van der Waals surface area (Å²) in [5, 5.41) is 13.6. The molecule has 18 heavy (non-hydrogen) atoms. The Morgan fingerprint density at radius 2 is 1.94 bits per heavy atom. The molecule has 0 spiro atoms. The van der Waals surface area contributed by atoms with Gasteiger partial charge in [-0.05, 0) is 56.8 Å². The summed E-state index contributed by atoms with van der Waals surface area (Å²) in [6.07, 6.45) is 5.30. The quantitative estimate of drug-likeness (QED) is 0.738. The molecule has 4 aliphatic carbocycles. The summed E-state index contributed by atoms with van der Waals surface area (Å²) in [6, 6.07) is 0.788. The van der Waals surface area contributed by atoms with Crippen molar-refractivity contribution >= 4 is 6.03 Å². The first-order chi connectivity index (χ1) is 8.54. The maximum Gasteiger partial charge on any atom is 0.318 e. The topological polar surface area (TPSA) is 52.6 Å². The van der Waals surface area contributed by atoms with Gasteiger partial charge in [-0.25, -0.2) is 4.79 Å². The van der Waals surface area contributed by atoms with E-state index in [0.29, 0.717) is 23.8 Å². The van der Waals surface area contributed by atoms with Crippen molar-refractivity contribution in [1.82, 2.24) is 10.2 Å². The number of nitrogens with one attached hydrogen (secondary N) is 1. The summed E-state index contributed by atoms with van der Waals surface area (Å²) < 4.78 is 0. The molecule has 0 aromatic carbocycles. The fourth-order valence-electron chi connectivity index (χ4n) is 5.44. The Balaban J connectivity index is 1.62. The molecule has 2 N–H and O–H groups in total. The number of amides is 2. The van der Waals surface area contributed by atoms with Gasteiger partial charge in [-0.1, -0.05) is 0 Å². The smallest absolute Gasteiger partial charge is 0.318 e. The molecule has 2 amide bonds. The van der Waals surface area contributed by atoms with Gasteiger partial charge in [0, 0.05) is 18.6 Å². The van der Waals surface area contributed by atoms with Crippen LogP contribution in [0.4, 0.5) is 4.79 Å². The van der Waals surface area contributed by atoms with E-state index in [2.05, 4.69) is 17.1 Å². The van der Waals surface area contributed by atoms with Crippen molar-refractivity contribution in [3.63, 3.8) is 0 Å². The molecule has 3 unspecified atom stereocenters. The van der Waals surface area contributed by atoms with Crippen LogP contribution in [0.2, 0.25) is 0 Å². The molecule has 1 aliphatic heterocycles. The second-order valence-corrected chi connectivity index (χ2v) is 7.19. The van der Waals surface area contributed by atoms with Crippen LogP contribution in [-0.2, 0) is 0 Å². The molecule has 5 fully saturated rings. The third-order valence-electron chi connectivity index (χ3n) is 5.65. The summed E-state index contributed by atoms with van der Waals surface area (Å²) in [5.74, 6) is 1.79. The van der Waals surface area contributed by atoms with Gasteiger partial charge in [0.1, 0.15) is 0 Å². The van der Waals surface area contributed by atoms with Gasteiger partial charge in [-0.2, -0.15) is 0 Å². The number of urea groups is 1. The van der Waals surface area contributed by atoms with Crippen LogP contribution in [0.3, 0.4) is 0 Å². The third kappa shape index (κ3) is 1.44.